The van der Waals surface area contributed by atoms with E-state index in [1.54, 1.807) is 6.20 Å². The second-order valence-electron chi connectivity index (χ2n) is 6.60. The van der Waals surface area contributed by atoms with Crippen molar-refractivity contribution >= 4 is 38.1 Å². The summed E-state index contributed by atoms with van der Waals surface area (Å²) in [5.41, 5.74) is 3.23. The Hall–Kier alpha value is -2.59. The summed E-state index contributed by atoms with van der Waals surface area (Å²) < 4.78 is 27.2. The standard InChI is InChI=1S/C20H22N4O3S2/c1-14-6-4-5-7-17(14)19(25)18-13-21-20(28-18)23-16-10-8-15(9-11-16)12-22-29(26,27)24(2)3/h4-11,13,22H,12H2,1-3H3,(H,21,23). The van der Waals surface area contributed by atoms with E-state index in [1.165, 1.54) is 25.4 Å². The number of carbonyl (C=O) groups excluding carboxylic acids is 1. The van der Waals surface area contributed by atoms with Gasteiger partial charge in [-0.25, -0.2) is 4.98 Å². The van der Waals surface area contributed by atoms with Crippen molar-refractivity contribution in [2.24, 2.45) is 0 Å². The van der Waals surface area contributed by atoms with Gasteiger partial charge in [-0.3, -0.25) is 4.79 Å². The van der Waals surface area contributed by atoms with Crippen molar-refractivity contribution in [3.05, 3.63) is 76.3 Å². The molecular weight excluding hydrogens is 408 g/mol. The molecule has 0 saturated carbocycles. The summed E-state index contributed by atoms with van der Waals surface area (Å²) >= 11 is 1.29. The highest BCUT2D eigenvalue weighted by atomic mass is 32.2. The molecule has 9 heteroatoms. The third-order valence-corrected chi connectivity index (χ3v) is 6.65. The van der Waals surface area contributed by atoms with Gasteiger partial charge in [-0.1, -0.05) is 47.7 Å². The molecule has 7 nitrogen and oxygen atoms in total. The summed E-state index contributed by atoms with van der Waals surface area (Å²) in [6.07, 6.45) is 1.58. The van der Waals surface area contributed by atoms with E-state index in [4.69, 9.17) is 0 Å². The van der Waals surface area contributed by atoms with Crippen LogP contribution in [0, 0.1) is 6.92 Å². The summed E-state index contributed by atoms with van der Waals surface area (Å²) in [6.45, 7) is 2.11. The highest BCUT2D eigenvalue weighted by Crippen LogP contribution is 2.25. The molecule has 0 aliphatic heterocycles. The van der Waals surface area contributed by atoms with Crippen LogP contribution in [0.1, 0.15) is 26.4 Å². The van der Waals surface area contributed by atoms with Crippen LogP contribution < -0.4 is 10.0 Å². The van der Waals surface area contributed by atoms with Crippen LogP contribution in [-0.4, -0.2) is 37.6 Å². The molecule has 152 valence electrons. The lowest BCUT2D eigenvalue weighted by Crippen LogP contribution is -2.35. The number of rotatable bonds is 8. The Balaban J connectivity index is 1.64. The van der Waals surface area contributed by atoms with Gasteiger partial charge >= 0.3 is 0 Å². The second kappa shape index (κ2) is 8.83. The molecule has 1 aromatic heterocycles. The molecule has 0 spiro atoms. The fourth-order valence-electron chi connectivity index (χ4n) is 2.53. The molecule has 29 heavy (non-hydrogen) atoms. The molecule has 0 amide bonds. The van der Waals surface area contributed by atoms with Gasteiger partial charge in [0.25, 0.3) is 10.2 Å². The molecule has 2 aromatic carbocycles. The van der Waals surface area contributed by atoms with Crippen LogP contribution in [0.2, 0.25) is 0 Å². The highest BCUT2D eigenvalue weighted by Gasteiger charge is 2.15. The van der Waals surface area contributed by atoms with E-state index in [2.05, 4.69) is 15.0 Å². The monoisotopic (exact) mass is 430 g/mol. The van der Waals surface area contributed by atoms with Crippen molar-refractivity contribution in [2.75, 3.05) is 19.4 Å². The fourth-order valence-corrected chi connectivity index (χ4v) is 3.93. The van der Waals surface area contributed by atoms with E-state index in [0.717, 1.165) is 21.1 Å². The first-order chi connectivity index (χ1) is 13.8. The number of ketones is 1. The van der Waals surface area contributed by atoms with E-state index >= 15 is 0 Å². The van der Waals surface area contributed by atoms with E-state index < -0.39 is 10.2 Å². The largest absolute Gasteiger partial charge is 0.332 e. The summed E-state index contributed by atoms with van der Waals surface area (Å²) in [5, 5.41) is 3.79. The van der Waals surface area contributed by atoms with Gasteiger partial charge in [0, 0.05) is 31.9 Å². The minimum absolute atomic E-state index is 0.0443. The number of aromatic nitrogens is 1. The van der Waals surface area contributed by atoms with Crippen molar-refractivity contribution in [2.45, 2.75) is 13.5 Å². The number of thiazole rings is 1. The molecule has 0 saturated heterocycles. The van der Waals surface area contributed by atoms with E-state index in [-0.39, 0.29) is 12.3 Å². The normalized spacial score (nSPS) is 11.6. The van der Waals surface area contributed by atoms with Crippen LogP contribution in [0.4, 0.5) is 10.8 Å². The van der Waals surface area contributed by atoms with Gasteiger partial charge in [-0.15, -0.1) is 0 Å². The van der Waals surface area contributed by atoms with Gasteiger partial charge in [-0.05, 0) is 30.2 Å². The lowest BCUT2D eigenvalue weighted by atomic mass is 10.0. The van der Waals surface area contributed by atoms with Gasteiger partial charge < -0.3 is 5.32 Å². The van der Waals surface area contributed by atoms with Crippen LogP contribution in [0.5, 0.6) is 0 Å². The molecule has 0 aliphatic rings. The molecule has 1 heterocycles. The molecule has 0 unspecified atom stereocenters. The molecule has 3 rings (SSSR count). The Morgan fingerprint density at radius 1 is 1.10 bits per heavy atom. The number of hydrogen-bond acceptors (Lipinski definition) is 6. The quantitative estimate of drug-likeness (QED) is 0.535. The van der Waals surface area contributed by atoms with Crippen LogP contribution in [-0.2, 0) is 16.8 Å². The zero-order chi connectivity index (χ0) is 21.0. The molecule has 0 aliphatic carbocycles. The van der Waals surface area contributed by atoms with Crippen LogP contribution in [0.25, 0.3) is 0 Å². The van der Waals surface area contributed by atoms with Crippen LogP contribution in [0.15, 0.2) is 54.7 Å². The van der Waals surface area contributed by atoms with Crippen molar-refractivity contribution in [3.8, 4) is 0 Å². The summed E-state index contributed by atoms with van der Waals surface area (Å²) in [6, 6.07) is 14.8. The second-order valence-corrected chi connectivity index (χ2v) is 9.60. The fraction of sp³-hybridized carbons (Fsp3) is 0.200. The van der Waals surface area contributed by atoms with E-state index in [9.17, 15) is 13.2 Å². The van der Waals surface area contributed by atoms with Gasteiger partial charge in [0.15, 0.2) is 5.13 Å². The number of nitrogens with zero attached hydrogens (tertiary/aromatic N) is 2. The van der Waals surface area contributed by atoms with Crippen LogP contribution in [0.3, 0.4) is 0 Å². The Labute approximate surface area is 174 Å². The maximum absolute atomic E-state index is 12.7. The first kappa shape index (κ1) is 21.1. The molecule has 2 N–H and O–H groups in total. The van der Waals surface area contributed by atoms with E-state index in [1.807, 2.05) is 55.5 Å². The Morgan fingerprint density at radius 3 is 2.45 bits per heavy atom. The molecular formula is C20H22N4O3S2. The predicted molar refractivity (Wildman–Crippen MR) is 116 cm³/mol. The van der Waals surface area contributed by atoms with E-state index in [0.29, 0.717) is 15.6 Å². The smallest absolute Gasteiger partial charge is 0.279 e. The average Bonchev–Trinajstić information content (AvgIpc) is 3.16. The number of nitrogens with one attached hydrogen (secondary N) is 2. The van der Waals surface area contributed by atoms with Crippen molar-refractivity contribution in [1.82, 2.24) is 14.0 Å². The maximum atomic E-state index is 12.7. The zero-order valence-electron chi connectivity index (χ0n) is 16.3. The Morgan fingerprint density at radius 2 is 1.79 bits per heavy atom. The minimum Gasteiger partial charge on any atom is -0.332 e. The molecule has 0 bridgehead atoms. The molecule has 0 fully saturated rings. The van der Waals surface area contributed by atoms with Gasteiger partial charge in [0.05, 0.1) is 11.1 Å². The van der Waals surface area contributed by atoms with Crippen molar-refractivity contribution in [3.63, 3.8) is 0 Å². The first-order valence-corrected chi connectivity index (χ1v) is 11.1. The lowest BCUT2D eigenvalue weighted by Gasteiger charge is -2.12. The summed E-state index contributed by atoms with van der Waals surface area (Å²) in [5.74, 6) is -0.0443. The average molecular weight is 431 g/mol. The Kier molecular flexibility index (Phi) is 6.43. The number of hydrogen-bond donors (Lipinski definition) is 2. The Bertz CT molecular complexity index is 1110. The SMILES string of the molecule is Cc1ccccc1C(=O)c1cnc(Nc2ccc(CNS(=O)(=O)N(C)C)cc2)s1. The highest BCUT2D eigenvalue weighted by molar-refractivity contribution is 7.87. The molecule has 0 atom stereocenters. The van der Waals surface area contributed by atoms with Crippen LogP contribution >= 0.6 is 11.3 Å². The van der Waals surface area contributed by atoms with Crippen molar-refractivity contribution < 1.29 is 13.2 Å². The van der Waals surface area contributed by atoms with Gasteiger partial charge in [-0.2, -0.15) is 17.4 Å². The number of anilines is 2. The maximum Gasteiger partial charge on any atom is 0.279 e. The number of aryl methyl sites for hydroxylation is 1. The summed E-state index contributed by atoms with van der Waals surface area (Å²) in [7, 11) is -0.512. The van der Waals surface area contributed by atoms with Gasteiger partial charge in [0.1, 0.15) is 0 Å². The van der Waals surface area contributed by atoms with Gasteiger partial charge in [0.2, 0.25) is 5.78 Å². The minimum atomic E-state index is -3.46. The number of carbonyl (C=O) groups is 1. The molecule has 0 radical (unpaired) electrons. The molecule has 3 aromatic rings. The topological polar surface area (TPSA) is 91.4 Å². The lowest BCUT2D eigenvalue weighted by molar-refractivity contribution is 0.104. The third kappa shape index (κ3) is 5.27. The summed E-state index contributed by atoms with van der Waals surface area (Å²) in [4.78, 5) is 17.5. The first-order valence-electron chi connectivity index (χ1n) is 8.85. The third-order valence-electron chi connectivity index (χ3n) is 4.26. The van der Waals surface area contributed by atoms with Crippen molar-refractivity contribution in [1.29, 1.82) is 0 Å². The number of benzene rings is 2. The predicted octanol–water partition coefficient (Wildman–Crippen LogP) is 3.32. The zero-order valence-corrected chi connectivity index (χ0v) is 18.0.